The first kappa shape index (κ1) is 8.69. The molecule has 2 nitrogen and oxygen atoms in total. The van der Waals surface area contributed by atoms with Gasteiger partial charge in [0.25, 0.3) is 0 Å². The van der Waals surface area contributed by atoms with E-state index in [1.807, 2.05) is 0 Å². The van der Waals surface area contributed by atoms with Crippen LogP contribution in [0.4, 0.5) is 0 Å². The second kappa shape index (κ2) is 4.56. The largest absolute Gasteiger partial charge is 0.431 e. The summed E-state index contributed by atoms with van der Waals surface area (Å²) < 4.78 is 4.50. The average molecular weight is 138 g/mol. The first-order valence-electron chi connectivity index (χ1n) is 2.82. The van der Waals surface area contributed by atoms with E-state index in [1.165, 1.54) is 6.26 Å². The number of hydrogen-bond acceptors (Lipinski definition) is 2. The lowest BCUT2D eigenvalue weighted by Gasteiger charge is -1.89. The minimum absolute atomic E-state index is 0.461. The van der Waals surface area contributed by atoms with Crippen molar-refractivity contribution < 1.29 is 9.53 Å². The van der Waals surface area contributed by atoms with E-state index in [0.29, 0.717) is 0 Å². The summed E-state index contributed by atoms with van der Waals surface area (Å²) in [4.78, 5) is 10.4. The molecule has 2 heteroatoms. The molecule has 0 unspecified atom stereocenters. The van der Waals surface area contributed by atoms with Crippen LogP contribution in [0.3, 0.4) is 0 Å². The van der Waals surface area contributed by atoms with Crippen molar-refractivity contribution >= 4 is 5.97 Å². The van der Waals surface area contributed by atoms with Crippen molar-refractivity contribution in [3.63, 3.8) is 0 Å². The zero-order valence-electron chi connectivity index (χ0n) is 5.96. The molecule has 0 aromatic carbocycles. The average Bonchev–Trinajstić information content (AvgIpc) is 1.87. The topological polar surface area (TPSA) is 26.3 Å². The first-order chi connectivity index (χ1) is 4.66. The molecule has 0 rings (SSSR count). The number of rotatable bonds is 3. The fourth-order valence-electron chi connectivity index (χ4n) is 0.265. The summed E-state index contributed by atoms with van der Waals surface area (Å²) in [6.07, 6.45) is 3.98. The SMILES string of the molecule is C=CC(=O)OC=CC(=C)C. The molecule has 0 radical (unpaired) electrons. The maximum Gasteiger partial charge on any atom is 0.334 e. The fourth-order valence-corrected chi connectivity index (χ4v) is 0.265. The Hall–Kier alpha value is -1.31. The van der Waals surface area contributed by atoms with E-state index in [4.69, 9.17) is 0 Å². The number of ether oxygens (including phenoxy) is 1. The Labute approximate surface area is 60.5 Å². The molecule has 0 aromatic rings. The number of esters is 1. The second-order valence-electron chi connectivity index (χ2n) is 1.79. The first-order valence-corrected chi connectivity index (χ1v) is 2.82. The highest BCUT2D eigenvalue weighted by Gasteiger charge is 1.87. The minimum atomic E-state index is -0.461. The van der Waals surface area contributed by atoms with Crippen LogP contribution in [0.1, 0.15) is 6.92 Å². The molecular weight excluding hydrogens is 128 g/mol. The predicted molar refractivity (Wildman–Crippen MR) is 40.2 cm³/mol. The summed E-state index contributed by atoms with van der Waals surface area (Å²) in [6.45, 7) is 8.61. The zero-order valence-corrected chi connectivity index (χ0v) is 5.96. The van der Waals surface area contributed by atoms with Crippen molar-refractivity contribution in [1.29, 1.82) is 0 Å². The quantitative estimate of drug-likeness (QED) is 0.257. The predicted octanol–water partition coefficient (Wildman–Crippen LogP) is 1.81. The minimum Gasteiger partial charge on any atom is -0.431 e. The standard InChI is InChI=1S/C8H10O2/c1-4-8(9)10-6-5-7(2)3/h4-6H,1-2H2,3H3. The van der Waals surface area contributed by atoms with Gasteiger partial charge in [-0.25, -0.2) is 4.79 Å². The van der Waals surface area contributed by atoms with E-state index in [2.05, 4.69) is 17.9 Å². The highest BCUT2D eigenvalue weighted by Crippen LogP contribution is 1.89. The zero-order chi connectivity index (χ0) is 7.98. The Morgan fingerprint density at radius 2 is 2.20 bits per heavy atom. The smallest absolute Gasteiger partial charge is 0.334 e. The van der Waals surface area contributed by atoms with Crippen LogP contribution < -0.4 is 0 Å². The van der Waals surface area contributed by atoms with Crippen molar-refractivity contribution in [2.24, 2.45) is 0 Å². The van der Waals surface area contributed by atoms with Gasteiger partial charge < -0.3 is 4.74 Å². The van der Waals surface area contributed by atoms with Gasteiger partial charge >= 0.3 is 5.97 Å². The molecule has 0 aliphatic rings. The van der Waals surface area contributed by atoms with Crippen molar-refractivity contribution in [2.75, 3.05) is 0 Å². The molecule has 0 heterocycles. The number of allylic oxidation sites excluding steroid dienone is 2. The highest BCUT2D eigenvalue weighted by molar-refractivity contribution is 5.81. The van der Waals surface area contributed by atoms with Gasteiger partial charge in [-0.2, -0.15) is 0 Å². The van der Waals surface area contributed by atoms with Gasteiger partial charge in [-0.05, 0) is 13.0 Å². The normalized spacial score (nSPS) is 9.30. The van der Waals surface area contributed by atoms with Gasteiger partial charge in [0, 0.05) is 6.08 Å². The Morgan fingerprint density at radius 3 is 2.60 bits per heavy atom. The third-order valence-electron chi connectivity index (χ3n) is 0.703. The lowest BCUT2D eigenvalue weighted by Crippen LogP contribution is -1.91. The lowest BCUT2D eigenvalue weighted by atomic mass is 10.3. The Balaban J connectivity index is 3.63. The van der Waals surface area contributed by atoms with Crippen molar-refractivity contribution in [3.05, 3.63) is 37.1 Å². The van der Waals surface area contributed by atoms with E-state index >= 15 is 0 Å². The molecule has 0 fully saturated rings. The second-order valence-corrected chi connectivity index (χ2v) is 1.79. The number of carbonyl (C=O) groups excluding carboxylic acids is 1. The maximum absolute atomic E-state index is 10.4. The molecule has 0 bridgehead atoms. The van der Waals surface area contributed by atoms with E-state index in [-0.39, 0.29) is 0 Å². The van der Waals surface area contributed by atoms with Crippen molar-refractivity contribution in [3.8, 4) is 0 Å². The molecule has 0 aliphatic heterocycles. The summed E-state index contributed by atoms with van der Waals surface area (Å²) >= 11 is 0. The van der Waals surface area contributed by atoms with E-state index in [9.17, 15) is 4.79 Å². The van der Waals surface area contributed by atoms with E-state index in [0.717, 1.165) is 11.6 Å². The summed E-state index contributed by atoms with van der Waals surface area (Å²) in [6, 6.07) is 0. The monoisotopic (exact) mass is 138 g/mol. The van der Waals surface area contributed by atoms with Crippen LogP contribution in [0.2, 0.25) is 0 Å². The van der Waals surface area contributed by atoms with Crippen LogP contribution in [0.25, 0.3) is 0 Å². The lowest BCUT2D eigenvalue weighted by molar-refractivity contribution is -0.132. The molecule has 0 spiro atoms. The highest BCUT2D eigenvalue weighted by atomic mass is 16.5. The van der Waals surface area contributed by atoms with Gasteiger partial charge in [0.15, 0.2) is 0 Å². The maximum atomic E-state index is 10.4. The van der Waals surface area contributed by atoms with Gasteiger partial charge in [0.05, 0.1) is 6.26 Å². The Kier molecular flexibility index (Phi) is 3.96. The van der Waals surface area contributed by atoms with Crippen LogP contribution in [0, 0.1) is 0 Å². The fraction of sp³-hybridized carbons (Fsp3) is 0.125. The molecule has 10 heavy (non-hydrogen) atoms. The summed E-state index contributed by atoms with van der Waals surface area (Å²) in [5, 5.41) is 0. The van der Waals surface area contributed by atoms with Crippen molar-refractivity contribution in [2.45, 2.75) is 6.92 Å². The van der Waals surface area contributed by atoms with Gasteiger partial charge in [-0.1, -0.05) is 18.7 Å². The third kappa shape index (κ3) is 4.84. The van der Waals surface area contributed by atoms with Crippen LogP contribution in [-0.2, 0) is 9.53 Å². The summed E-state index contributed by atoms with van der Waals surface area (Å²) in [5.74, 6) is -0.461. The van der Waals surface area contributed by atoms with Gasteiger partial charge in [-0.3, -0.25) is 0 Å². The molecule has 0 saturated carbocycles. The molecule has 0 saturated heterocycles. The molecule has 0 aliphatic carbocycles. The number of hydrogen-bond donors (Lipinski definition) is 0. The molecule has 0 N–H and O–H groups in total. The molecule has 54 valence electrons. The van der Waals surface area contributed by atoms with Gasteiger partial charge in [0.2, 0.25) is 0 Å². The van der Waals surface area contributed by atoms with Crippen LogP contribution in [0.15, 0.2) is 37.1 Å². The van der Waals surface area contributed by atoms with Gasteiger partial charge in [0.1, 0.15) is 0 Å². The van der Waals surface area contributed by atoms with Crippen LogP contribution >= 0.6 is 0 Å². The molecule has 0 aromatic heterocycles. The van der Waals surface area contributed by atoms with Crippen molar-refractivity contribution in [1.82, 2.24) is 0 Å². The van der Waals surface area contributed by atoms with Crippen LogP contribution in [-0.4, -0.2) is 5.97 Å². The van der Waals surface area contributed by atoms with E-state index in [1.54, 1.807) is 13.0 Å². The number of carbonyl (C=O) groups is 1. The van der Waals surface area contributed by atoms with E-state index < -0.39 is 5.97 Å². The third-order valence-corrected chi connectivity index (χ3v) is 0.703. The molecule has 0 atom stereocenters. The Bertz CT molecular complexity index is 178. The summed E-state index contributed by atoms with van der Waals surface area (Å²) in [5.41, 5.74) is 0.830. The summed E-state index contributed by atoms with van der Waals surface area (Å²) in [7, 11) is 0. The Morgan fingerprint density at radius 1 is 1.60 bits per heavy atom. The van der Waals surface area contributed by atoms with Gasteiger partial charge in [-0.15, -0.1) is 0 Å². The molecule has 0 amide bonds. The molecular formula is C8H10O2. The van der Waals surface area contributed by atoms with Crippen LogP contribution in [0.5, 0.6) is 0 Å².